The Morgan fingerprint density at radius 3 is 2.45 bits per heavy atom. The molecule has 3 aromatic heterocycles. The van der Waals surface area contributed by atoms with Gasteiger partial charge in [0.15, 0.2) is 5.65 Å². The van der Waals surface area contributed by atoms with E-state index in [4.69, 9.17) is 19.6 Å². The van der Waals surface area contributed by atoms with Gasteiger partial charge in [-0.15, -0.1) is 0 Å². The molecule has 0 aliphatic heterocycles. The van der Waals surface area contributed by atoms with Crippen molar-refractivity contribution in [3.63, 3.8) is 0 Å². The maximum Gasteiger partial charge on any atom is 0.339 e. The van der Waals surface area contributed by atoms with Gasteiger partial charge in [0.25, 0.3) is 0 Å². The minimum Gasteiger partial charge on any atom is -0.465 e. The van der Waals surface area contributed by atoms with Gasteiger partial charge in [0.2, 0.25) is 0 Å². The van der Waals surface area contributed by atoms with Gasteiger partial charge in [-0.3, -0.25) is 4.98 Å². The highest BCUT2D eigenvalue weighted by atomic mass is 16.5. The standard InChI is InChI=1S/C23H26N4O4/c1-6-31-22(29)15-11-17(16-10-9-14(12-24-16)21(28)30-5)25-20-18(15)19(13-7-8-13)26-27(20)23(2,3)4/h9-13H,6-8H2,1-5H3. The van der Waals surface area contributed by atoms with Gasteiger partial charge in [0.1, 0.15) is 0 Å². The first-order valence-electron chi connectivity index (χ1n) is 10.4. The molecule has 0 aromatic carbocycles. The van der Waals surface area contributed by atoms with Crippen LogP contribution in [0.3, 0.4) is 0 Å². The minimum atomic E-state index is -0.463. The number of nitrogens with zero attached hydrogens (tertiary/aromatic N) is 4. The van der Waals surface area contributed by atoms with Crippen molar-refractivity contribution in [3.05, 3.63) is 41.2 Å². The molecule has 8 heteroatoms. The van der Waals surface area contributed by atoms with Crippen molar-refractivity contribution in [2.24, 2.45) is 0 Å². The summed E-state index contributed by atoms with van der Waals surface area (Å²) < 4.78 is 12.0. The van der Waals surface area contributed by atoms with Crippen LogP contribution in [-0.2, 0) is 15.0 Å². The van der Waals surface area contributed by atoms with Crippen molar-refractivity contribution in [1.82, 2.24) is 19.7 Å². The Morgan fingerprint density at radius 1 is 1.16 bits per heavy atom. The monoisotopic (exact) mass is 422 g/mol. The minimum absolute atomic E-state index is 0.274. The number of ether oxygens (including phenoxy) is 2. The van der Waals surface area contributed by atoms with E-state index in [1.54, 1.807) is 25.1 Å². The summed E-state index contributed by atoms with van der Waals surface area (Å²) in [5, 5.41) is 5.63. The Kier molecular flexibility index (Phi) is 5.24. The third-order valence-corrected chi connectivity index (χ3v) is 5.21. The van der Waals surface area contributed by atoms with E-state index in [1.807, 2.05) is 4.68 Å². The summed E-state index contributed by atoms with van der Waals surface area (Å²) in [7, 11) is 1.32. The lowest BCUT2D eigenvalue weighted by Crippen LogP contribution is -2.23. The fourth-order valence-corrected chi connectivity index (χ4v) is 3.54. The zero-order valence-electron chi connectivity index (χ0n) is 18.4. The lowest BCUT2D eigenvalue weighted by atomic mass is 10.0. The molecule has 0 unspecified atom stereocenters. The average Bonchev–Trinajstić information content (AvgIpc) is 3.51. The van der Waals surface area contributed by atoms with Gasteiger partial charge in [-0.25, -0.2) is 19.3 Å². The normalized spacial score (nSPS) is 14.0. The first-order chi connectivity index (χ1) is 14.7. The highest BCUT2D eigenvalue weighted by Crippen LogP contribution is 2.44. The summed E-state index contributed by atoms with van der Waals surface area (Å²) in [5.74, 6) is -0.531. The van der Waals surface area contributed by atoms with Gasteiger partial charge in [0.05, 0.1) is 52.9 Å². The fourth-order valence-electron chi connectivity index (χ4n) is 3.54. The molecule has 31 heavy (non-hydrogen) atoms. The smallest absolute Gasteiger partial charge is 0.339 e. The van der Waals surface area contributed by atoms with Crippen LogP contribution >= 0.6 is 0 Å². The predicted molar refractivity (Wildman–Crippen MR) is 115 cm³/mol. The summed E-state index contributed by atoms with van der Waals surface area (Å²) in [4.78, 5) is 33.9. The van der Waals surface area contributed by atoms with Gasteiger partial charge in [0, 0.05) is 12.1 Å². The summed E-state index contributed by atoms with van der Waals surface area (Å²) in [5.41, 5.74) is 3.04. The van der Waals surface area contributed by atoms with E-state index >= 15 is 0 Å². The summed E-state index contributed by atoms with van der Waals surface area (Å²) in [6.07, 6.45) is 3.54. The van der Waals surface area contributed by atoms with Crippen LogP contribution in [0.2, 0.25) is 0 Å². The van der Waals surface area contributed by atoms with Crippen molar-refractivity contribution < 1.29 is 19.1 Å². The molecular formula is C23H26N4O4. The van der Waals surface area contributed by atoms with Crippen LogP contribution < -0.4 is 0 Å². The molecule has 0 saturated heterocycles. The fraction of sp³-hybridized carbons (Fsp3) is 0.435. The molecule has 4 rings (SSSR count). The lowest BCUT2D eigenvalue weighted by molar-refractivity contribution is 0.0527. The highest BCUT2D eigenvalue weighted by molar-refractivity contribution is 6.05. The summed E-state index contributed by atoms with van der Waals surface area (Å²) in [6.45, 7) is 8.22. The maximum atomic E-state index is 12.9. The van der Waals surface area contributed by atoms with Gasteiger partial charge in [-0.2, -0.15) is 5.10 Å². The molecule has 0 N–H and O–H groups in total. The van der Waals surface area contributed by atoms with Crippen LogP contribution in [0.15, 0.2) is 24.4 Å². The van der Waals surface area contributed by atoms with Crippen molar-refractivity contribution in [2.75, 3.05) is 13.7 Å². The maximum absolute atomic E-state index is 12.9. The molecule has 1 aliphatic carbocycles. The molecule has 0 amide bonds. The number of methoxy groups -OCH3 is 1. The van der Waals surface area contributed by atoms with Crippen LogP contribution in [0.4, 0.5) is 0 Å². The van der Waals surface area contributed by atoms with Crippen LogP contribution in [0.25, 0.3) is 22.4 Å². The molecule has 8 nitrogen and oxygen atoms in total. The SMILES string of the molecule is CCOC(=O)c1cc(-c2ccc(C(=O)OC)cn2)nc2c1c(C1CC1)nn2C(C)(C)C. The van der Waals surface area contributed by atoms with Crippen LogP contribution in [0.5, 0.6) is 0 Å². The molecule has 0 atom stereocenters. The van der Waals surface area contributed by atoms with Gasteiger partial charge in [-0.05, 0) is 58.7 Å². The predicted octanol–water partition coefficient (Wildman–Crippen LogP) is 4.09. The largest absolute Gasteiger partial charge is 0.465 e. The summed E-state index contributed by atoms with van der Waals surface area (Å²) >= 11 is 0. The second kappa shape index (κ2) is 7.76. The molecule has 1 saturated carbocycles. The van der Waals surface area contributed by atoms with Crippen LogP contribution in [0.1, 0.15) is 72.9 Å². The number of pyridine rings is 2. The molecule has 0 spiro atoms. The summed E-state index contributed by atoms with van der Waals surface area (Å²) in [6, 6.07) is 5.02. The zero-order valence-corrected chi connectivity index (χ0v) is 18.4. The average molecular weight is 422 g/mol. The van der Waals surface area contributed by atoms with E-state index in [0.717, 1.165) is 23.9 Å². The first-order valence-corrected chi connectivity index (χ1v) is 10.4. The number of fused-ring (bicyclic) bond motifs is 1. The van der Waals surface area contributed by atoms with Crippen LogP contribution in [0, 0.1) is 0 Å². The second-order valence-corrected chi connectivity index (χ2v) is 8.64. The van der Waals surface area contributed by atoms with E-state index in [-0.39, 0.29) is 12.1 Å². The number of hydrogen-bond acceptors (Lipinski definition) is 7. The Labute approximate surface area is 180 Å². The topological polar surface area (TPSA) is 96.2 Å². The molecule has 0 bridgehead atoms. The van der Waals surface area contributed by atoms with Gasteiger partial charge < -0.3 is 9.47 Å². The number of carbonyl (C=O) groups excluding carboxylic acids is 2. The molecule has 3 heterocycles. The third-order valence-electron chi connectivity index (χ3n) is 5.21. The van der Waals surface area contributed by atoms with Gasteiger partial charge >= 0.3 is 11.9 Å². The number of esters is 2. The number of carbonyl (C=O) groups is 2. The first kappa shape index (κ1) is 21.0. The molecule has 1 aliphatic rings. The Hall–Kier alpha value is -3.29. The van der Waals surface area contributed by atoms with E-state index in [2.05, 4.69) is 25.8 Å². The zero-order chi connectivity index (χ0) is 22.3. The third kappa shape index (κ3) is 3.89. The highest BCUT2D eigenvalue weighted by Gasteiger charge is 2.34. The molecule has 0 radical (unpaired) electrons. The molecule has 162 valence electrons. The van der Waals surface area contributed by atoms with Crippen molar-refractivity contribution in [3.8, 4) is 11.4 Å². The Bertz CT molecular complexity index is 1160. The molecular weight excluding hydrogens is 396 g/mol. The van der Waals surface area contributed by atoms with E-state index in [1.165, 1.54) is 13.3 Å². The van der Waals surface area contributed by atoms with Gasteiger partial charge in [-0.1, -0.05) is 0 Å². The quantitative estimate of drug-likeness (QED) is 0.571. The number of aromatic nitrogens is 4. The second-order valence-electron chi connectivity index (χ2n) is 8.64. The van der Waals surface area contributed by atoms with Crippen molar-refractivity contribution >= 4 is 23.0 Å². The van der Waals surface area contributed by atoms with Crippen molar-refractivity contribution in [1.29, 1.82) is 0 Å². The van der Waals surface area contributed by atoms with E-state index < -0.39 is 11.9 Å². The van der Waals surface area contributed by atoms with Crippen molar-refractivity contribution in [2.45, 2.75) is 52.0 Å². The molecule has 1 fully saturated rings. The lowest BCUT2D eigenvalue weighted by Gasteiger charge is -2.20. The van der Waals surface area contributed by atoms with E-state index in [9.17, 15) is 9.59 Å². The molecule has 3 aromatic rings. The number of rotatable bonds is 5. The Morgan fingerprint density at radius 2 is 1.90 bits per heavy atom. The van der Waals surface area contributed by atoms with E-state index in [0.29, 0.717) is 34.1 Å². The number of hydrogen-bond donors (Lipinski definition) is 0. The van der Waals surface area contributed by atoms with Crippen LogP contribution in [-0.4, -0.2) is 45.4 Å². The Balaban J connectivity index is 1.95.